The zero-order valence-corrected chi connectivity index (χ0v) is 8.40. The largest absolute Gasteiger partial charge is 0.475 e. The van der Waals surface area contributed by atoms with Gasteiger partial charge >= 0.3 is 5.97 Å². The third-order valence-corrected chi connectivity index (χ3v) is 1.62. The van der Waals surface area contributed by atoms with E-state index in [4.69, 9.17) is 5.11 Å². The van der Waals surface area contributed by atoms with Crippen molar-refractivity contribution in [3.63, 3.8) is 0 Å². The Bertz CT molecular complexity index is 349. The van der Waals surface area contributed by atoms with E-state index in [0.29, 0.717) is 6.54 Å². The Balaban J connectivity index is 2.55. The lowest BCUT2D eigenvalue weighted by molar-refractivity contribution is -0.129. The molecule has 0 aliphatic carbocycles. The van der Waals surface area contributed by atoms with Gasteiger partial charge in [0, 0.05) is 6.54 Å². The van der Waals surface area contributed by atoms with E-state index in [9.17, 15) is 4.79 Å². The first kappa shape index (κ1) is 11.0. The molecule has 5 nitrogen and oxygen atoms in total. The summed E-state index contributed by atoms with van der Waals surface area (Å²) in [5, 5.41) is 8.75. The molecule has 0 bridgehead atoms. The summed E-state index contributed by atoms with van der Waals surface area (Å²) in [6, 6.07) is 9.21. The number of hydrogen-bond acceptors (Lipinski definition) is 3. The lowest BCUT2D eigenvalue weighted by Crippen LogP contribution is -2.35. The molecule has 0 saturated heterocycles. The Morgan fingerprint density at radius 1 is 1.40 bits per heavy atom. The fourth-order valence-electron chi connectivity index (χ4n) is 0.972. The van der Waals surface area contributed by atoms with Crippen molar-refractivity contribution in [2.75, 3.05) is 12.0 Å². The lowest BCUT2D eigenvalue weighted by Gasteiger charge is -2.08. The fraction of sp³-hybridized carbons (Fsp3) is 0.200. The van der Waals surface area contributed by atoms with Crippen LogP contribution in [0.3, 0.4) is 0 Å². The van der Waals surface area contributed by atoms with Crippen LogP contribution in [0.5, 0.6) is 0 Å². The van der Waals surface area contributed by atoms with Crippen molar-refractivity contribution in [3.8, 4) is 0 Å². The second-order valence-electron chi connectivity index (χ2n) is 2.74. The molecule has 0 aliphatic heterocycles. The molecule has 80 valence electrons. The molecular formula is C10H13N3O2. The average molecular weight is 207 g/mol. The number of hydrogen-bond donors (Lipinski definition) is 3. The van der Waals surface area contributed by atoms with Gasteiger partial charge in [-0.1, -0.05) is 18.2 Å². The molecule has 1 rings (SSSR count). The number of carboxylic acids is 1. The van der Waals surface area contributed by atoms with E-state index in [1.807, 2.05) is 30.3 Å². The van der Waals surface area contributed by atoms with Crippen molar-refractivity contribution >= 4 is 17.5 Å². The smallest absolute Gasteiger partial charge is 0.372 e. The minimum Gasteiger partial charge on any atom is -0.475 e. The molecule has 15 heavy (non-hydrogen) atoms. The number of hydrazine groups is 1. The van der Waals surface area contributed by atoms with Gasteiger partial charge in [0.2, 0.25) is 5.84 Å². The Kier molecular flexibility index (Phi) is 4.15. The van der Waals surface area contributed by atoms with Crippen molar-refractivity contribution in [1.29, 1.82) is 0 Å². The van der Waals surface area contributed by atoms with Gasteiger partial charge in [0.15, 0.2) is 0 Å². The van der Waals surface area contributed by atoms with E-state index in [-0.39, 0.29) is 5.84 Å². The molecule has 0 fully saturated rings. The van der Waals surface area contributed by atoms with Crippen LogP contribution in [-0.2, 0) is 4.79 Å². The van der Waals surface area contributed by atoms with Gasteiger partial charge < -0.3 is 5.11 Å². The number of anilines is 1. The van der Waals surface area contributed by atoms with Crippen LogP contribution in [0.15, 0.2) is 35.3 Å². The lowest BCUT2D eigenvalue weighted by atomic mass is 10.3. The third-order valence-electron chi connectivity index (χ3n) is 1.62. The molecule has 1 aromatic carbocycles. The van der Waals surface area contributed by atoms with Crippen LogP contribution in [0, 0.1) is 0 Å². The normalized spacial score (nSPS) is 10.9. The summed E-state index contributed by atoms with van der Waals surface area (Å²) in [4.78, 5) is 14.5. The van der Waals surface area contributed by atoms with Crippen LogP contribution in [-0.4, -0.2) is 23.5 Å². The van der Waals surface area contributed by atoms with E-state index in [0.717, 1.165) is 5.69 Å². The number of aliphatic imine (C=N–C) groups is 1. The van der Waals surface area contributed by atoms with Crippen molar-refractivity contribution < 1.29 is 9.90 Å². The van der Waals surface area contributed by atoms with E-state index in [1.54, 1.807) is 6.92 Å². The van der Waals surface area contributed by atoms with Gasteiger partial charge in [-0.2, -0.15) is 0 Å². The summed E-state index contributed by atoms with van der Waals surface area (Å²) < 4.78 is 0. The van der Waals surface area contributed by atoms with Gasteiger partial charge in [-0.25, -0.2) is 4.79 Å². The molecule has 0 saturated carbocycles. The molecule has 0 heterocycles. The highest BCUT2D eigenvalue weighted by Crippen LogP contribution is 2.02. The Labute approximate surface area is 87.8 Å². The minimum atomic E-state index is -1.08. The Morgan fingerprint density at radius 3 is 2.60 bits per heavy atom. The van der Waals surface area contributed by atoms with Crippen LogP contribution in [0.4, 0.5) is 5.69 Å². The van der Waals surface area contributed by atoms with Crippen LogP contribution in [0.1, 0.15) is 6.92 Å². The van der Waals surface area contributed by atoms with Gasteiger partial charge in [0.1, 0.15) is 0 Å². The van der Waals surface area contributed by atoms with Crippen LogP contribution in [0.2, 0.25) is 0 Å². The van der Waals surface area contributed by atoms with Gasteiger partial charge in [0.25, 0.3) is 0 Å². The highest BCUT2D eigenvalue weighted by Gasteiger charge is 2.06. The van der Waals surface area contributed by atoms with Gasteiger partial charge in [-0.3, -0.25) is 15.8 Å². The van der Waals surface area contributed by atoms with Crippen LogP contribution >= 0.6 is 0 Å². The number of amidine groups is 1. The SMILES string of the molecule is CCN=C(NNc1ccccc1)C(=O)O. The first-order valence-corrected chi connectivity index (χ1v) is 4.59. The topological polar surface area (TPSA) is 73.7 Å². The monoisotopic (exact) mass is 207 g/mol. The van der Waals surface area contributed by atoms with E-state index in [1.165, 1.54) is 0 Å². The Morgan fingerprint density at radius 2 is 2.07 bits per heavy atom. The zero-order valence-electron chi connectivity index (χ0n) is 8.40. The number of carboxylic acid groups (broad SMARTS) is 1. The number of nitrogens with zero attached hydrogens (tertiary/aromatic N) is 1. The zero-order chi connectivity index (χ0) is 11.1. The number of nitrogens with one attached hydrogen (secondary N) is 2. The molecule has 0 radical (unpaired) electrons. The van der Waals surface area contributed by atoms with E-state index < -0.39 is 5.97 Å². The average Bonchev–Trinajstić information content (AvgIpc) is 2.25. The second-order valence-corrected chi connectivity index (χ2v) is 2.74. The highest BCUT2D eigenvalue weighted by molar-refractivity contribution is 6.34. The van der Waals surface area contributed by atoms with E-state index in [2.05, 4.69) is 15.8 Å². The highest BCUT2D eigenvalue weighted by atomic mass is 16.4. The number of aliphatic carboxylic acids is 1. The maximum Gasteiger partial charge on any atom is 0.372 e. The summed E-state index contributed by atoms with van der Waals surface area (Å²) in [7, 11) is 0. The summed E-state index contributed by atoms with van der Waals surface area (Å²) in [6.45, 7) is 2.19. The summed E-state index contributed by atoms with van der Waals surface area (Å²) in [5.74, 6) is -1.18. The third kappa shape index (κ3) is 3.68. The molecule has 0 atom stereocenters. The second kappa shape index (κ2) is 5.64. The van der Waals surface area contributed by atoms with Crippen LogP contribution in [0.25, 0.3) is 0 Å². The predicted molar refractivity (Wildman–Crippen MR) is 58.8 cm³/mol. The Hall–Kier alpha value is -2.04. The van der Waals surface area contributed by atoms with Crippen molar-refractivity contribution in [2.45, 2.75) is 6.92 Å². The van der Waals surface area contributed by atoms with Crippen LogP contribution < -0.4 is 10.9 Å². The summed E-state index contributed by atoms with van der Waals surface area (Å²) in [6.07, 6.45) is 0. The molecule has 0 aliphatic rings. The van der Waals surface area contributed by atoms with E-state index >= 15 is 0 Å². The number of para-hydroxylation sites is 1. The predicted octanol–water partition coefficient (Wildman–Crippen LogP) is 1.11. The van der Waals surface area contributed by atoms with Gasteiger partial charge in [0.05, 0.1) is 5.69 Å². The first-order valence-electron chi connectivity index (χ1n) is 4.59. The van der Waals surface area contributed by atoms with Gasteiger partial charge in [-0.05, 0) is 19.1 Å². The fourth-order valence-corrected chi connectivity index (χ4v) is 0.972. The molecule has 0 amide bonds. The maximum atomic E-state index is 10.7. The van der Waals surface area contributed by atoms with Gasteiger partial charge in [-0.15, -0.1) is 0 Å². The molecule has 0 unspecified atom stereocenters. The first-order chi connectivity index (χ1) is 7.24. The number of benzene rings is 1. The van der Waals surface area contributed by atoms with Crippen molar-refractivity contribution in [2.24, 2.45) is 4.99 Å². The molecule has 3 N–H and O–H groups in total. The maximum absolute atomic E-state index is 10.7. The number of rotatable bonds is 3. The van der Waals surface area contributed by atoms with Crippen molar-refractivity contribution in [1.82, 2.24) is 5.43 Å². The van der Waals surface area contributed by atoms with Crippen molar-refractivity contribution in [3.05, 3.63) is 30.3 Å². The molecule has 5 heteroatoms. The summed E-state index contributed by atoms with van der Waals surface area (Å²) in [5.41, 5.74) is 6.07. The number of carbonyl (C=O) groups is 1. The molecule has 1 aromatic rings. The molecule has 0 aromatic heterocycles. The molecular weight excluding hydrogens is 194 g/mol. The standard InChI is InChI=1S/C10H13N3O2/c1-2-11-9(10(14)15)13-12-8-6-4-3-5-7-8/h3-7,12H,2H2,1H3,(H,11,13)(H,14,15). The quantitative estimate of drug-likeness (QED) is 0.394. The molecule has 0 spiro atoms. The minimum absolute atomic E-state index is 0.0960. The summed E-state index contributed by atoms with van der Waals surface area (Å²) >= 11 is 0.